The van der Waals surface area contributed by atoms with Gasteiger partial charge in [0.25, 0.3) is 0 Å². The average molecular weight is 381 g/mol. The molecule has 1 aromatic carbocycles. The molecule has 0 aliphatic rings. The predicted molar refractivity (Wildman–Crippen MR) is 95.8 cm³/mol. The number of carbonyl (C=O) groups excluding carboxylic acids is 1. The van der Waals surface area contributed by atoms with E-state index in [1.807, 2.05) is 0 Å². The van der Waals surface area contributed by atoms with Crippen LogP contribution in [0.4, 0.5) is 5.69 Å². The van der Waals surface area contributed by atoms with E-state index in [1.54, 1.807) is 6.07 Å². The van der Waals surface area contributed by atoms with Crippen LogP contribution in [0.5, 0.6) is 0 Å². The maximum absolute atomic E-state index is 12.0. The zero-order chi connectivity index (χ0) is 17.5. The first-order valence-electron chi connectivity index (χ1n) is 7.45. The van der Waals surface area contributed by atoms with Gasteiger partial charge in [0.2, 0.25) is 15.9 Å². The molecule has 0 aliphatic heterocycles. The van der Waals surface area contributed by atoms with E-state index in [-0.39, 0.29) is 23.9 Å². The van der Waals surface area contributed by atoms with Gasteiger partial charge in [-0.15, -0.1) is 0 Å². The van der Waals surface area contributed by atoms with Crippen LogP contribution >= 0.6 is 23.2 Å². The summed E-state index contributed by atoms with van der Waals surface area (Å²) in [6, 6.07) is 4.57. The lowest BCUT2D eigenvalue weighted by molar-refractivity contribution is -0.120. The van der Waals surface area contributed by atoms with Crippen LogP contribution in [0, 0.1) is 0 Å². The maximum atomic E-state index is 12.0. The van der Waals surface area contributed by atoms with Crippen molar-refractivity contribution in [2.45, 2.75) is 32.6 Å². The smallest absolute Gasteiger partial charge is 0.232 e. The second-order valence-electron chi connectivity index (χ2n) is 5.24. The van der Waals surface area contributed by atoms with E-state index in [0.29, 0.717) is 17.3 Å². The molecule has 130 valence electrons. The summed E-state index contributed by atoms with van der Waals surface area (Å²) in [6.07, 6.45) is 4.19. The van der Waals surface area contributed by atoms with E-state index in [9.17, 15) is 13.2 Å². The second-order valence-corrected chi connectivity index (χ2v) is 7.99. The third kappa shape index (κ3) is 6.97. The Hall–Kier alpha value is -0.980. The van der Waals surface area contributed by atoms with Gasteiger partial charge in [-0.25, -0.2) is 8.42 Å². The van der Waals surface area contributed by atoms with Gasteiger partial charge in [0.15, 0.2) is 0 Å². The van der Waals surface area contributed by atoms with Gasteiger partial charge in [0.1, 0.15) is 0 Å². The van der Waals surface area contributed by atoms with E-state index in [1.165, 1.54) is 12.1 Å². The Morgan fingerprint density at radius 3 is 2.52 bits per heavy atom. The number of amides is 1. The Kier molecular flexibility index (Phi) is 8.16. The molecule has 1 N–H and O–H groups in total. The van der Waals surface area contributed by atoms with Gasteiger partial charge in [-0.2, -0.15) is 0 Å². The maximum Gasteiger partial charge on any atom is 0.232 e. The van der Waals surface area contributed by atoms with Gasteiger partial charge in [-0.3, -0.25) is 9.10 Å². The molecule has 0 fully saturated rings. The number of halogens is 2. The number of anilines is 1. The Morgan fingerprint density at radius 1 is 1.26 bits per heavy atom. The number of rotatable bonds is 9. The predicted octanol–water partition coefficient (Wildman–Crippen LogP) is 3.46. The van der Waals surface area contributed by atoms with Gasteiger partial charge in [-0.1, -0.05) is 43.0 Å². The fourth-order valence-corrected chi connectivity index (χ4v) is 3.54. The van der Waals surface area contributed by atoms with E-state index in [0.717, 1.165) is 29.8 Å². The zero-order valence-corrected chi connectivity index (χ0v) is 15.6. The van der Waals surface area contributed by atoms with E-state index in [4.69, 9.17) is 23.2 Å². The molecule has 0 aliphatic carbocycles. The first kappa shape index (κ1) is 20.1. The minimum atomic E-state index is -3.55. The molecule has 0 saturated heterocycles. The summed E-state index contributed by atoms with van der Waals surface area (Å²) >= 11 is 11.9. The quantitative estimate of drug-likeness (QED) is 0.667. The van der Waals surface area contributed by atoms with E-state index < -0.39 is 10.0 Å². The van der Waals surface area contributed by atoms with Crippen LogP contribution in [-0.4, -0.2) is 33.7 Å². The van der Waals surface area contributed by atoms with Crippen molar-refractivity contribution in [2.24, 2.45) is 0 Å². The highest BCUT2D eigenvalue weighted by atomic mass is 35.5. The van der Waals surface area contributed by atoms with Crippen LogP contribution in [0.15, 0.2) is 18.2 Å². The van der Waals surface area contributed by atoms with Gasteiger partial charge in [-0.05, 0) is 24.6 Å². The highest BCUT2D eigenvalue weighted by Crippen LogP contribution is 2.30. The molecule has 0 radical (unpaired) electrons. The molecule has 0 spiro atoms. The second kappa shape index (κ2) is 9.35. The lowest BCUT2D eigenvalue weighted by Crippen LogP contribution is -2.35. The normalized spacial score (nSPS) is 11.3. The Morgan fingerprint density at radius 2 is 1.96 bits per heavy atom. The first-order chi connectivity index (χ1) is 10.8. The van der Waals surface area contributed by atoms with E-state index >= 15 is 0 Å². The molecule has 23 heavy (non-hydrogen) atoms. The molecule has 0 heterocycles. The monoisotopic (exact) mass is 380 g/mol. The molecule has 1 aromatic rings. The van der Waals surface area contributed by atoms with Crippen LogP contribution in [0.2, 0.25) is 10.0 Å². The van der Waals surface area contributed by atoms with Crippen molar-refractivity contribution in [1.82, 2.24) is 5.32 Å². The van der Waals surface area contributed by atoms with Crippen molar-refractivity contribution in [3.05, 3.63) is 28.2 Å². The highest BCUT2D eigenvalue weighted by Gasteiger charge is 2.21. The van der Waals surface area contributed by atoms with E-state index in [2.05, 4.69) is 12.2 Å². The molecular weight excluding hydrogens is 359 g/mol. The molecular formula is C15H22Cl2N2O3S. The molecule has 0 atom stereocenters. The molecule has 5 nitrogen and oxygen atoms in total. The summed E-state index contributed by atoms with van der Waals surface area (Å²) in [4.78, 5) is 11.8. The number of sulfonamides is 1. The SMILES string of the molecule is CCCCCNC(=O)CCN(c1ccc(Cl)cc1Cl)S(C)(=O)=O. The number of carbonyl (C=O) groups is 1. The number of hydrogen-bond donors (Lipinski definition) is 1. The molecule has 0 unspecified atom stereocenters. The van der Waals surface area contributed by atoms with Gasteiger partial charge in [0, 0.05) is 24.5 Å². The number of nitrogens with zero attached hydrogens (tertiary/aromatic N) is 1. The Balaban J connectivity index is 2.72. The Bertz CT molecular complexity index is 636. The molecule has 0 saturated carbocycles. The number of unbranched alkanes of at least 4 members (excludes halogenated alkanes) is 2. The molecule has 8 heteroatoms. The van der Waals surface area contributed by atoms with Crippen molar-refractivity contribution in [3.8, 4) is 0 Å². The third-order valence-electron chi connectivity index (χ3n) is 3.22. The van der Waals surface area contributed by atoms with Gasteiger partial charge < -0.3 is 5.32 Å². The summed E-state index contributed by atoms with van der Waals surface area (Å²) in [5.74, 6) is -0.181. The minimum Gasteiger partial charge on any atom is -0.356 e. The molecule has 1 amide bonds. The van der Waals surface area contributed by atoms with Crippen LogP contribution in [0.25, 0.3) is 0 Å². The van der Waals surface area contributed by atoms with Crippen molar-refractivity contribution in [3.63, 3.8) is 0 Å². The zero-order valence-electron chi connectivity index (χ0n) is 13.3. The van der Waals surface area contributed by atoms with Gasteiger partial charge >= 0.3 is 0 Å². The number of nitrogens with one attached hydrogen (secondary N) is 1. The lowest BCUT2D eigenvalue weighted by Gasteiger charge is -2.23. The number of benzene rings is 1. The van der Waals surface area contributed by atoms with Crippen molar-refractivity contribution in [2.75, 3.05) is 23.7 Å². The van der Waals surface area contributed by atoms with Crippen molar-refractivity contribution >= 4 is 44.8 Å². The van der Waals surface area contributed by atoms with Crippen LogP contribution in [-0.2, 0) is 14.8 Å². The largest absolute Gasteiger partial charge is 0.356 e. The standard InChI is InChI=1S/C15H22Cl2N2O3S/c1-3-4-5-9-18-15(20)8-10-19(23(2,21)22)14-7-6-12(16)11-13(14)17/h6-7,11H,3-5,8-10H2,1-2H3,(H,18,20). The van der Waals surface area contributed by atoms with Crippen molar-refractivity contribution < 1.29 is 13.2 Å². The molecule has 0 bridgehead atoms. The van der Waals surface area contributed by atoms with Crippen LogP contribution in [0.1, 0.15) is 32.6 Å². The van der Waals surface area contributed by atoms with Gasteiger partial charge in [0.05, 0.1) is 17.0 Å². The highest BCUT2D eigenvalue weighted by molar-refractivity contribution is 7.92. The summed E-state index contributed by atoms with van der Waals surface area (Å²) in [5.41, 5.74) is 0.317. The van der Waals surface area contributed by atoms with Crippen LogP contribution in [0.3, 0.4) is 0 Å². The number of hydrogen-bond acceptors (Lipinski definition) is 3. The summed E-state index contributed by atoms with van der Waals surface area (Å²) in [7, 11) is -3.55. The van der Waals surface area contributed by atoms with Crippen LogP contribution < -0.4 is 9.62 Å². The first-order valence-corrected chi connectivity index (χ1v) is 10.1. The topological polar surface area (TPSA) is 66.5 Å². The lowest BCUT2D eigenvalue weighted by atomic mass is 10.2. The van der Waals surface area contributed by atoms with Crippen molar-refractivity contribution in [1.29, 1.82) is 0 Å². The molecule has 0 aromatic heterocycles. The average Bonchev–Trinajstić information content (AvgIpc) is 2.44. The fourth-order valence-electron chi connectivity index (χ4n) is 2.04. The minimum absolute atomic E-state index is 0.0276. The fraction of sp³-hybridized carbons (Fsp3) is 0.533. The summed E-state index contributed by atoms with van der Waals surface area (Å²) in [6.45, 7) is 2.72. The summed E-state index contributed by atoms with van der Waals surface area (Å²) < 4.78 is 25.1. The summed E-state index contributed by atoms with van der Waals surface area (Å²) in [5, 5.41) is 3.43. The third-order valence-corrected chi connectivity index (χ3v) is 4.94. The Labute approximate surface area is 148 Å². The molecule has 1 rings (SSSR count).